The zero-order valence-electron chi connectivity index (χ0n) is 21.4. The molecule has 0 aliphatic carbocycles. The van der Waals surface area contributed by atoms with Crippen LogP contribution >= 0.6 is 15.9 Å². The summed E-state index contributed by atoms with van der Waals surface area (Å²) in [5, 5.41) is 2.90. The van der Waals surface area contributed by atoms with Crippen molar-refractivity contribution in [2.45, 2.75) is 45.8 Å². The van der Waals surface area contributed by atoms with Gasteiger partial charge in [0.05, 0.1) is 26.2 Å². The lowest BCUT2D eigenvalue weighted by Crippen LogP contribution is -2.52. The maximum atomic E-state index is 13.7. The molecule has 2 amide bonds. The Bertz CT molecular complexity index is 1160. The number of rotatable bonds is 12. The number of carbonyl (C=O) groups excluding carboxylic acids is 2. The van der Waals surface area contributed by atoms with Crippen LogP contribution in [0.4, 0.5) is 5.69 Å². The molecule has 0 aromatic heterocycles. The van der Waals surface area contributed by atoms with Gasteiger partial charge in [-0.05, 0) is 50.1 Å². The van der Waals surface area contributed by atoms with Crippen LogP contribution in [0.1, 0.15) is 32.8 Å². The lowest BCUT2D eigenvalue weighted by molar-refractivity contribution is -0.139. The monoisotopic (exact) mass is 583 g/mol. The van der Waals surface area contributed by atoms with Crippen molar-refractivity contribution in [1.29, 1.82) is 0 Å². The van der Waals surface area contributed by atoms with Gasteiger partial charge in [0.2, 0.25) is 21.8 Å². The summed E-state index contributed by atoms with van der Waals surface area (Å²) in [5.74, 6) is -0.198. The Morgan fingerprint density at radius 3 is 2.22 bits per heavy atom. The van der Waals surface area contributed by atoms with Crippen molar-refractivity contribution >= 4 is 43.5 Å². The fourth-order valence-electron chi connectivity index (χ4n) is 3.42. The van der Waals surface area contributed by atoms with E-state index < -0.39 is 28.5 Å². The van der Waals surface area contributed by atoms with Gasteiger partial charge in [-0.15, -0.1) is 0 Å². The maximum Gasteiger partial charge on any atom is 0.244 e. The number of nitrogens with one attached hydrogen (secondary N) is 1. The molecule has 0 saturated heterocycles. The number of anilines is 1. The van der Waals surface area contributed by atoms with E-state index >= 15 is 0 Å². The summed E-state index contributed by atoms with van der Waals surface area (Å²) >= 11 is 3.39. The minimum atomic E-state index is -3.91. The van der Waals surface area contributed by atoms with Crippen molar-refractivity contribution in [2.75, 3.05) is 31.3 Å². The lowest BCUT2D eigenvalue weighted by Gasteiger charge is -2.32. The highest BCUT2D eigenvalue weighted by Gasteiger charge is 2.31. The third-order valence-electron chi connectivity index (χ3n) is 5.77. The molecule has 0 aliphatic heterocycles. The first kappa shape index (κ1) is 29.4. The number of hydrogen-bond acceptors (Lipinski definition) is 6. The van der Waals surface area contributed by atoms with Gasteiger partial charge in [-0.25, -0.2) is 8.42 Å². The van der Waals surface area contributed by atoms with Crippen LogP contribution in [-0.4, -0.2) is 64.2 Å². The van der Waals surface area contributed by atoms with E-state index in [1.165, 1.54) is 25.2 Å². The minimum Gasteiger partial charge on any atom is -0.497 e. The molecular weight excluding hydrogens is 550 g/mol. The van der Waals surface area contributed by atoms with Gasteiger partial charge in [0.25, 0.3) is 0 Å². The van der Waals surface area contributed by atoms with Gasteiger partial charge < -0.3 is 19.7 Å². The first-order chi connectivity index (χ1) is 16.9. The molecule has 0 fully saturated rings. The Morgan fingerprint density at radius 1 is 1.06 bits per heavy atom. The molecule has 2 aromatic rings. The van der Waals surface area contributed by atoms with Crippen LogP contribution in [0.2, 0.25) is 0 Å². The summed E-state index contributed by atoms with van der Waals surface area (Å²) in [6.07, 6.45) is 1.74. The Hall–Kier alpha value is -2.79. The molecule has 11 heteroatoms. The van der Waals surface area contributed by atoms with Crippen LogP contribution in [0.3, 0.4) is 0 Å². The molecule has 2 rings (SSSR count). The van der Waals surface area contributed by atoms with Crippen molar-refractivity contribution in [3.8, 4) is 11.5 Å². The van der Waals surface area contributed by atoms with Crippen LogP contribution in [0.15, 0.2) is 46.9 Å². The van der Waals surface area contributed by atoms with E-state index in [1.54, 1.807) is 19.1 Å². The predicted octanol–water partition coefficient (Wildman–Crippen LogP) is 3.56. The molecule has 0 saturated carbocycles. The van der Waals surface area contributed by atoms with Crippen LogP contribution in [0, 0.1) is 0 Å². The minimum absolute atomic E-state index is 0.0712. The van der Waals surface area contributed by atoms with E-state index in [0.717, 1.165) is 27.0 Å². The van der Waals surface area contributed by atoms with Gasteiger partial charge in [0.1, 0.15) is 24.1 Å². The SMILES string of the molecule is CC[C@H](C)NC(=O)[C@H](C)N(Cc1ccc(Br)cc1)C(=O)CN(c1cc(OC)ccc1OC)S(C)(=O)=O. The number of nitrogens with zero attached hydrogens (tertiary/aromatic N) is 2. The second kappa shape index (κ2) is 13.0. The molecule has 0 spiro atoms. The van der Waals surface area contributed by atoms with Gasteiger partial charge in [0, 0.05) is 23.1 Å². The molecule has 2 atom stereocenters. The van der Waals surface area contributed by atoms with Crippen LogP contribution < -0.4 is 19.1 Å². The van der Waals surface area contributed by atoms with E-state index in [4.69, 9.17) is 9.47 Å². The molecule has 0 radical (unpaired) electrons. The number of benzene rings is 2. The molecule has 1 N–H and O–H groups in total. The smallest absolute Gasteiger partial charge is 0.244 e. The topological polar surface area (TPSA) is 105 Å². The van der Waals surface area contributed by atoms with Gasteiger partial charge in [-0.3, -0.25) is 13.9 Å². The normalized spacial score (nSPS) is 12.9. The first-order valence-corrected chi connectivity index (χ1v) is 14.1. The van der Waals surface area contributed by atoms with E-state index in [2.05, 4.69) is 21.2 Å². The summed E-state index contributed by atoms with van der Waals surface area (Å²) in [4.78, 5) is 28.0. The third-order valence-corrected chi connectivity index (χ3v) is 7.42. The average molecular weight is 585 g/mol. The van der Waals surface area contributed by atoms with Crippen molar-refractivity contribution in [3.05, 3.63) is 52.5 Å². The average Bonchev–Trinajstić information content (AvgIpc) is 2.85. The van der Waals surface area contributed by atoms with Gasteiger partial charge in [0.15, 0.2) is 0 Å². The highest BCUT2D eigenvalue weighted by molar-refractivity contribution is 9.10. The number of hydrogen-bond donors (Lipinski definition) is 1. The maximum absolute atomic E-state index is 13.7. The van der Waals surface area contributed by atoms with E-state index in [0.29, 0.717) is 5.75 Å². The summed E-state index contributed by atoms with van der Waals surface area (Å²) in [6.45, 7) is 5.05. The molecule has 9 nitrogen and oxygen atoms in total. The Labute approximate surface area is 221 Å². The third kappa shape index (κ3) is 7.86. The largest absolute Gasteiger partial charge is 0.497 e. The Balaban J connectivity index is 2.47. The summed E-state index contributed by atoms with van der Waals surface area (Å²) in [7, 11) is -1.04. The Morgan fingerprint density at radius 2 is 1.69 bits per heavy atom. The Kier molecular flexibility index (Phi) is 10.6. The van der Waals surface area contributed by atoms with Crippen molar-refractivity contribution in [2.24, 2.45) is 0 Å². The number of carbonyl (C=O) groups is 2. The van der Waals surface area contributed by atoms with Gasteiger partial charge in [-0.2, -0.15) is 0 Å². The predicted molar refractivity (Wildman–Crippen MR) is 144 cm³/mol. The number of amides is 2. The van der Waals surface area contributed by atoms with E-state index in [1.807, 2.05) is 38.1 Å². The van der Waals surface area contributed by atoms with Crippen LogP contribution in [-0.2, 0) is 26.2 Å². The molecule has 0 heterocycles. The molecule has 0 bridgehead atoms. The molecule has 36 heavy (non-hydrogen) atoms. The summed E-state index contributed by atoms with van der Waals surface area (Å²) < 4.78 is 38.1. The summed E-state index contributed by atoms with van der Waals surface area (Å²) in [6, 6.07) is 11.1. The zero-order valence-corrected chi connectivity index (χ0v) is 23.9. The second-order valence-corrected chi connectivity index (χ2v) is 11.3. The second-order valence-electron chi connectivity index (χ2n) is 8.45. The van der Waals surface area contributed by atoms with Crippen LogP contribution in [0.5, 0.6) is 11.5 Å². The van der Waals surface area contributed by atoms with Crippen molar-refractivity contribution in [1.82, 2.24) is 10.2 Å². The van der Waals surface area contributed by atoms with Crippen LogP contribution in [0.25, 0.3) is 0 Å². The molecule has 2 aromatic carbocycles. The molecule has 198 valence electrons. The molecule has 0 aliphatic rings. The number of sulfonamides is 1. The van der Waals surface area contributed by atoms with E-state index in [-0.39, 0.29) is 29.9 Å². The van der Waals surface area contributed by atoms with Gasteiger partial charge >= 0.3 is 0 Å². The highest BCUT2D eigenvalue weighted by Crippen LogP contribution is 2.34. The van der Waals surface area contributed by atoms with Gasteiger partial charge in [-0.1, -0.05) is 35.0 Å². The molecule has 0 unspecified atom stereocenters. The highest BCUT2D eigenvalue weighted by atomic mass is 79.9. The zero-order chi connectivity index (χ0) is 27.0. The lowest BCUT2D eigenvalue weighted by atomic mass is 10.1. The van der Waals surface area contributed by atoms with Crippen molar-refractivity contribution < 1.29 is 27.5 Å². The van der Waals surface area contributed by atoms with E-state index in [9.17, 15) is 18.0 Å². The first-order valence-electron chi connectivity index (χ1n) is 11.4. The molecular formula is C25H34BrN3O6S. The number of methoxy groups -OCH3 is 2. The fraction of sp³-hybridized carbons (Fsp3) is 0.440. The quantitative estimate of drug-likeness (QED) is 0.409. The summed E-state index contributed by atoms with van der Waals surface area (Å²) in [5.41, 5.74) is 0.951. The fourth-order valence-corrected chi connectivity index (χ4v) is 4.53. The number of halogens is 1. The number of ether oxygens (including phenoxy) is 2. The standard InChI is InChI=1S/C25H34BrN3O6S/c1-7-17(2)27-25(31)18(3)28(15-19-8-10-20(26)11-9-19)24(30)16-29(36(6,32)33)22-14-21(34-4)12-13-23(22)35-5/h8-14,17-18H,7,15-16H2,1-6H3,(H,27,31)/t17-,18-/m0/s1. The van der Waals surface area contributed by atoms with Crippen molar-refractivity contribution in [3.63, 3.8) is 0 Å².